The van der Waals surface area contributed by atoms with Crippen LogP contribution in [0, 0.1) is 17.2 Å². The number of para-hydroxylation sites is 2. The van der Waals surface area contributed by atoms with Gasteiger partial charge in [-0.25, -0.2) is 4.68 Å². The first-order chi connectivity index (χ1) is 19.6. The summed E-state index contributed by atoms with van der Waals surface area (Å²) in [5.41, 5.74) is 4.54. The molecule has 9 heteroatoms. The van der Waals surface area contributed by atoms with E-state index in [1.807, 2.05) is 66.7 Å². The number of hydrogen-bond acceptors (Lipinski definition) is 7. The maximum Gasteiger partial charge on any atom is 0.249 e. The number of rotatable bonds is 12. The number of nitrogens with zero attached hydrogens (tertiary/aromatic N) is 3. The Morgan fingerprint density at radius 3 is 2.40 bits per heavy atom. The average Bonchev–Trinajstić information content (AvgIpc) is 3.53. The lowest BCUT2D eigenvalue weighted by Gasteiger charge is -2.15. The summed E-state index contributed by atoms with van der Waals surface area (Å²) < 4.78 is 18.1. The van der Waals surface area contributed by atoms with Gasteiger partial charge < -0.3 is 19.5 Å². The molecule has 0 bridgehead atoms. The number of carbonyl (C=O) groups excluding carboxylic acids is 2. The first kappa shape index (κ1) is 27.0. The molecule has 0 saturated heterocycles. The number of hydrogen-bond donors (Lipinski definition) is 1. The summed E-state index contributed by atoms with van der Waals surface area (Å²) in [6.07, 6.45) is 0. The van der Waals surface area contributed by atoms with Crippen molar-refractivity contribution in [3.8, 4) is 23.0 Å². The highest BCUT2D eigenvalue weighted by molar-refractivity contribution is 6.16. The highest BCUT2D eigenvalue weighted by Crippen LogP contribution is 2.47. The Balaban J connectivity index is 1.54. The number of ketones is 1. The fraction of sp³-hybridized carbons (Fsp3) is 0.226. The molecule has 5 rings (SSSR count). The average molecular weight is 537 g/mol. The minimum absolute atomic E-state index is 0.0494. The van der Waals surface area contributed by atoms with Gasteiger partial charge in [-0.2, -0.15) is 10.4 Å². The van der Waals surface area contributed by atoms with Crippen molar-refractivity contribution in [2.75, 3.05) is 39.0 Å². The Morgan fingerprint density at radius 1 is 0.975 bits per heavy atom. The molecule has 0 saturated carbocycles. The second-order valence-electron chi connectivity index (χ2n) is 9.17. The maximum absolute atomic E-state index is 13.9. The van der Waals surface area contributed by atoms with Gasteiger partial charge in [0.25, 0.3) is 0 Å². The topological polar surface area (TPSA) is 115 Å². The first-order valence-electron chi connectivity index (χ1n) is 12.9. The molecule has 202 valence electrons. The fourth-order valence-corrected chi connectivity index (χ4v) is 4.84. The summed E-state index contributed by atoms with van der Waals surface area (Å²) in [5, 5.41) is 17.3. The van der Waals surface area contributed by atoms with E-state index in [0.29, 0.717) is 24.5 Å². The zero-order valence-corrected chi connectivity index (χ0v) is 21.9. The van der Waals surface area contributed by atoms with Gasteiger partial charge in [-0.05, 0) is 29.8 Å². The number of benzene rings is 3. The van der Waals surface area contributed by atoms with E-state index in [2.05, 4.69) is 5.32 Å². The van der Waals surface area contributed by atoms with Gasteiger partial charge in [0.05, 0.1) is 37.3 Å². The third-order valence-electron chi connectivity index (χ3n) is 6.67. The Kier molecular flexibility index (Phi) is 8.42. The predicted molar refractivity (Wildman–Crippen MR) is 148 cm³/mol. The maximum atomic E-state index is 13.9. The largest absolute Gasteiger partial charge is 0.382 e. The molecule has 1 aliphatic rings. The summed E-state index contributed by atoms with van der Waals surface area (Å²) >= 11 is 0. The molecule has 0 fully saturated rings. The molecule has 1 N–H and O–H groups in total. The van der Waals surface area contributed by atoms with Gasteiger partial charge in [0.15, 0.2) is 5.92 Å². The summed E-state index contributed by atoms with van der Waals surface area (Å²) in [5.74, 6) is -3.33. The molecule has 1 amide bonds. The van der Waals surface area contributed by atoms with E-state index in [4.69, 9.17) is 19.3 Å². The van der Waals surface area contributed by atoms with Crippen LogP contribution >= 0.6 is 0 Å². The lowest BCUT2D eigenvalue weighted by Crippen LogP contribution is -2.30. The second-order valence-corrected chi connectivity index (χ2v) is 9.17. The smallest absolute Gasteiger partial charge is 0.249 e. The van der Waals surface area contributed by atoms with Gasteiger partial charge in [0.2, 0.25) is 11.7 Å². The van der Waals surface area contributed by atoms with Crippen molar-refractivity contribution >= 4 is 17.4 Å². The molecule has 1 aromatic heterocycles. The van der Waals surface area contributed by atoms with Crippen LogP contribution in [0.4, 0.5) is 5.69 Å². The molecular weight excluding hydrogens is 508 g/mol. The monoisotopic (exact) mass is 536 g/mol. The van der Waals surface area contributed by atoms with Crippen molar-refractivity contribution < 1.29 is 23.8 Å². The van der Waals surface area contributed by atoms with Crippen LogP contribution < -0.4 is 5.32 Å². The van der Waals surface area contributed by atoms with Gasteiger partial charge in [0.1, 0.15) is 12.5 Å². The van der Waals surface area contributed by atoms with E-state index in [1.165, 1.54) is 0 Å². The molecular formula is C31H28N4O5. The number of carbonyl (C=O) groups is 2. The molecule has 4 aromatic rings. The van der Waals surface area contributed by atoms with Crippen LogP contribution in [0.1, 0.15) is 27.5 Å². The molecule has 1 aliphatic carbocycles. The first-order valence-corrected chi connectivity index (χ1v) is 12.9. The molecule has 1 heterocycles. The van der Waals surface area contributed by atoms with Gasteiger partial charge in [-0.3, -0.25) is 9.59 Å². The SMILES string of the molecule is COCCOCOCC1c2ccccc2-c2c1c(C(=O)C(C#N)C(=O)Nc1ccccc1)nn2-c1ccccc1. The highest BCUT2D eigenvalue weighted by Gasteiger charge is 2.41. The molecule has 0 spiro atoms. The van der Waals surface area contributed by atoms with Crippen LogP contribution in [0.25, 0.3) is 16.9 Å². The zero-order chi connectivity index (χ0) is 27.9. The molecule has 3 aromatic carbocycles. The van der Waals surface area contributed by atoms with E-state index in [0.717, 1.165) is 22.5 Å². The molecule has 2 atom stereocenters. The van der Waals surface area contributed by atoms with E-state index >= 15 is 0 Å². The van der Waals surface area contributed by atoms with Gasteiger partial charge in [-0.1, -0.05) is 60.7 Å². The minimum atomic E-state index is -1.59. The van der Waals surface area contributed by atoms with Crippen LogP contribution in [0.3, 0.4) is 0 Å². The van der Waals surface area contributed by atoms with Crippen molar-refractivity contribution in [2.45, 2.75) is 5.92 Å². The Morgan fingerprint density at radius 2 is 1.68 bits per heavy atom. The fourth-order valence-electron chi connectivity index (χ4n) is 4.84. The van der Waals surface area contributed by atoms with Crippen LogP contribution in [0.5, 0.6) is 0 Å². The molecule has 0 radical (unpaired) electrons. The van der Waals surface area contributed by atoms with E-state index in [1.54, 1.807) is 36.1 Å². The van der Waals surface area contributed by atoms with Crippen molar-refractivity contribution in [3.63, 3.8) is 0 Å². The van der Waals surface area contributed by atoms with E-state index < -0.39 is 17.6 Å². The van der Waals surface area contributed by atoms with Crippen molar-refractivity contribution in [3.05, 3.63) is 102 Å². The number of amides is 1. The van der Waals surface area contributed by atoms with Crippen LogP contribution in [-0.4, -0.2) is 55.2 Å². The standard InChI is InChI=1S/C31H28N4O5/c1-38-16-17-39-20-40-19-26-23-14-8-9-15-24(23)29-27(26)28(34-35(29)22-12-6-3-7-13-22)30(36)25(18-32)31(37)33-21-10-4-2-5-11-21/h2-15,25-26H,16-17,19-20H2,1H3,(H,33,37). The van der Waals surface area contributed by atoms with Crippen molar-refractivity contribution in [1.82, 2.24) is 9.78 Å². The third kappa shape index (κ3) is 5.42. The molecule has 2 unspecified atom stereocenters. The normalized spacial score (nSPS) is 14.2. The Bertz CT molecular complexity index is 1530. The quantitative estimate of drug-likeness (QED) is 0.122. The molecule has 40 heavy (non-hydrogen) atoms. The van der Waals surface area contributed by atoms with Crippen LogP contribution in [-0.2, 0) is 19.0 Å². The van der Waals surface area contributed by atoms with Crippen LogP contribution in [0.15, 0.2) is 84.9 Å². The number of aromatic nitrogens is 2. The van der Waals surface area contributed by atoms with E-state index in [-0.39, 0.29) is 25.0 Å². The number of Topliss-reactive ketones (excluding diaryl/α,β-unsaturated/α-hetero) is 1. The zero-order valence-electron chi connectivity index (χ0n) is 21.9. The van der Waals surface area contributed by atoms with Gasteiger partial charge in [0, 0.05) is 29.8 Å². The lowest BCUT2D eigenvalue weighted by atomic mass is 9.92. The Hall–Kier alpha value is -4.62. The number of methoxy groups -OCH3 is 1. The summed E-state index contributed by atoms with van der Waals surface area (Å²) in [6, 6.07) is 27.9. The van der Waals surface area contributed by atoms with Crippen molar-refractivity contribution in [2.24, 2.45) is 5.92 Å². The number of anilines is 1. The van der Waals surface area contributed by atoms with Gasteiger partial charge >= 0.3 is 0 Å². The lowest BCUT2D eigenvalue weighted by molar-refractivity contribution is -0.117. The summed E-state index contributed by atoms with van der Waals surface area (Å²) in [7, 11) is 1.60. The Labute approximate surface area is 231 Å². The van der Waals surface area contributed by atoms with Crippen molar-refractivity contribution in [1.29, 1.82) is 5.26 Å². The predicted octanol–water partition coefficient (Wildman–Crippen LogP) is 4.58. The number of nitrogens with one attached hydrogen (secondary N) is 1. The third-order valence-corrected chi connectivity index (χ3v) is 6.67. The molecule has 0 aliphatic heterocycles. The molecule has 9 nitrogen and oxygen atoms in total. The minimum Gasteiger partial charge on any atom is -0.382 e. The highest BCUT2D eigenvalue weighted by atomic mass is 16.7. The number of nitriles is 1. The van der Waals surface area contributed by atoms with E-state index in [9.17, 15) is 14.9 Å². The van der Waals surface area contributed by atoms with Crippen LogP contribution in [0.2, 0.25) is 0 Å². The van der Waals surface area contributed by atoms with Gasteiger partial charge in [-0.15, -0.1) is 0 Å². The number of ether oxygens (including phenoxy) is 3. The second kappa shape index (κ2) is 12.5. The summed E-state index contributed by atoms with van der Waals surface area (Å²) in [6.45, 7) is 1.10. The number of fused-ring (bicyclic) bond motifs is 3. The summed E-state index contributed by atoms with van der Waals surface area (Å²) in [4.78, 5) is 27.0.